The fourth-order valence-corrected chi connectivity index (χ4v) is 6.83. The Labute approximate surface area is 189 Å². The minimum atomic E-state index is -0.781. The number of rotatable bonds is 3. The second kappa shape index (κ2) is 6.65. The summed E-state index contributed by atoms with van der Waals surface area (Å²) in [6.07, 6.45) is 1.57. The lowest BCUT2D eigenvalue weighted by Crippen LogP contribution is -2.49. The molecule has 3 aromatic rings. The summed E-state index contributed by atoms with van der Waals surface area (Å²) in [4.78, 5) is 30.1. The highest BCUT2D eigenvalue weighted by Gasteiger charge is 2.69. The van der Waals surface area contributed by atoms with Crippen molar-refractivity contribution in [3.63, 3.8) is 0 Å². The third-order valence-electron chi connectivity index (χ3n) is 8.20. The van der Waals surface area contributed by atoms with E-state index in [0.29, 0.717) is 0 Å². The first-order valence-corrected chi connectivity index (χ1v) is 11.7. The van der Waals surface area contributed by atoms with Crippen LogP contribution in [-0.2, 0) is 22.4 Å². The standard InChI is InChI=1S/C29H27NO2/c1-4-17-11-10-12-18(5-2)26(17)30-27(31)25-23-19-13-6-8-15-21(19)24(29(25,3)28(30)32)22-16-9-7-14-20(22)23/h6-16,23-25H,4-5H2,1-3H3. The summed E-state index contributed by atoms with van der Waals surface area (Å²) in [5, 5.41) is 0. The van der Waals surface area contributed by atoms with Crippen LogP contribution in [0.2, 0.25) is 0 Å². The van der Waals surface area contributed by atoms with E-state index in [4.69, 9.17) is 0 Å². The molecule has 160 valence electrons. The number of benzene rings is 3. The average molecular weight is 422 g/mol. The van der Waals surface area contributed by atoms with E-state index in [1.54, 1.807) is 4.90 Å². The zero-order chi connectivity index (χ0) is 22.2. The van der Waals surface area contributed by atoms with Gasteiger partial charge in [0.2, 0.25) is 11.8 Å². The molecule has 2 amide bonds. The Hall–Kier alpha value is -3.20. The Kier molecular flexibility index (Phi) is 4.05. The first-order valence-electron chi connectivity index (χ1n) is 11.7. The van der Waals surface area contributed by atoms with Crippen molar-refractivity contribution in [1.29, 1.82) is 0 Å². The van der Waals surface area contributed by atoms with Crippen LogP contribution in [-0.4, -0.2) is 11.8 Å². The van der Waals surface area contributed by atoms with Crippen LogP contribution in [0.15, 0.2) is 66.7 Å². The van der Waals surface area contributed by atoms with E-state index in [1.165, 1.54) is 22.3 Å². The molecule has 0 saturated carbocycles. The van der Waals surface area contributed by atoms with Gasteiger partial charge in [-0.1, -0.05) is 80.6 Å². The summed E-state index contributed by atoms with van der Waals surface area (Å²) in [7, 11) is 0. The molecular weight excluding hydrogens is 394 g/mol. The van der Waals surface area contributed by atoms with Crippen LogP contribution >= 0.6 is 0 Å². The van der Waals surface area contributed by atoms with Gasteiger partial charge >= 0.3 is 0 Å². The molecule has 0 aromatic heterocycles. The van der Waals surface area contributed by atoms with Crippen LogP contribution in [0.5, 0.6) is 0 Å². The molecule has 3 aliphatic carbocycles. The summed E-state index contributed by atoms with van der Waals surface area (Å²) >= 11 is 0. The SMILES string of the molecule is CCc1cccc(CC)c1N1C(=O)C2C3c4ccccc4C(c4ccccc43)C2(C)C1=O. The Morgan fingerprint density at radius 2 is 1.25 bits per heavy atom. The number of amides is 2. The summed E-state index contributed by atoms with van der Waals surface area (Å²) in [6, 6.07) is 23.0. The Morgan fingerprint density at radius 3 is 1.75 bits per heavy atom. The minimum Gasteiger partial charge on any atom is -0.274 e. The number of anilines is 1. The van der Waals surface area contributed by atoms with Crippen LogP contribution in [0.3, 0.4) is 0 Å². The van der Waals surface area contributed by atoms with Crippen molar-refractivity contribution in [3.8, 4) is 0 Å². The Balaban J connectivity index is 1.62. The van der Waals surface area contributed by atoms with Crippen molar-refractivity contribution in [3.05, 3.63) is 100 Å². The molecule has 0 spiro atoms. The van der Waals surface area contributed by atoms with Gasteiger partial charge in [-0.2, -0.15) is 0 Å². The van der Waals surface area contributed by atoms with Gasteiger partial charge < -0.3 is 0 Å². The average Bonchev–Trinajstić information content (AvgIpc) is 3.03. The van der Waals surface area contributed by atoms with E-state index in [0.717, 1.165) is 29.7 Å². The first-order chi connectivity index (χ1) is 15.5. The van der Waals surface area contributed by atoms with E-state index in [2.05, 4.69) is 74.5 Å². The van der Waals surface area contributed by atoms with Crippen LogP contribution in [0.1, 0.15) is 66.0 Å². The van der Waals surface area contributed by atoms with Gasteiger partial charge in [0, 0.05) is 11.8 Å². The predicted molar refractivity (Wildman–Crippen MR) is 126 cm³/mol. The molecule has 7 rings (SSSR count). The van der Waals surface area contributed by atoms with Crippen LogP contribution in [0.25, 0.3) is 0 Å². The van der Waals surface area contributed by atoms with Crippen molar-refractivity contribution >= 4 is 17.5 Å². The lowest BCUT2D eigenvalue weighted by atomic mass is 9.48. The molecule has 32 heavy (non-hydrogen) atoms. The van der Waals surface area contributed by atoms with Gasteiger partial charge in [0.15, 0.2) is 0 Å². The molecule has 4 aliphatic rings. The quantitative estimate of drug-likeness (QED) is 0.517. The summed E-state index contributed by atoms with van der Waals surface area (Å²) in [6.45, 7) is 6.22. The Morgan fingerprint density at radius 1 is 0.750 bits per heavy atom. The maximum absolute atomic E-state index is 14.3. The van der Waals surface area contributed by atoms with Gasteiger partial charge in [0.25, 0.3) is 0 Å². The number of imide groups is 1. The molecule has 3 nitrogen and oxygen atoms in total. The maximum Gasteiger partial charge on any atom is 0.241 e. The van der Waals surface area contributed by atoms with Crippen LogP contribution in [0, 0.1) is 11.3 Å². The highest BCUT2D eigenvalue weighted by Crippen LogP contribution is 2.67. The van der Waals surface area contributed by atoms with Gasteiger partial charge in [-0.25, -0.2) is 4.90 Å². The highest BCUT2D eigenvalue weighted by atomic mass is 16.2. The van der Waals surface area contributed by atoms with Crippen molar-refractivity contribution in [1.82, 2.24) is 0 Å². The molecule has 3 aromatic carbocycles. The molecule has 1 heterocycles. The zero-order valence-corrected chi connectivity index (χ0v) is 18.8. The van der Waals surface area contributed by atoms with Crippen molar-refractivity contribution in [2.75, 3.05) is 4.90 Å². The van der Waals surface area contributed by atoms with Crippen LogP contribution in [0.4, 0.5) is 5.69 Å². The van der Waals surface area contributed by atoms with Gasteiger partial charge in [-0.3, -0.25) is 9.59 Å². The predicted octanol–water partition coefficient (Wildman–Crippen LogP) is 5.60. The number of hydrogen-bond donors (Lipinski definition) is 0. The topological polar surface area (TPSA) is 37.4 Å². The minimum absolute atomic E-state index is 0.0351. The number of nitrogens with zero attached hydrogens (tertiary/aromatic N) is 1. The smallest absolute Gasteiger partial charge is 0.241 e. The lowest BCUT2D eigenvalue weighted by Gasteiger charge is -2.51. The Bertz CT molecular complexity index is 1220. The van der Waals surface area contributed by atoms with Crippen molar-refractivity contribution in [2.24, 2.45) is 11.3 Å². The zero-order valence-electron chi connectivity index (χ0n) is 18.8. The molecule has 1 saturated heterocycles. The normalized spacial score (nSPS) is 27.3. The third-order valence-corrected chi connectivity index (χ3v) is 8.20. The number of carbonyl (C=O) groups excluding carboxylic acids is 2. The molecule has 2 atom stereocenters. The fourth-order valence-electron chi connectivity index (χ4n) is 6.83. The third kappa shape index (κ3) is 2.16. The van der Waals surface area contributed by atoms with Crippen molar-refractivity contribution < 1.29 is 9.59 Å². The number of para-hydroxylation sites is 1. The highest BCUT2D eigenvalue weighted by molar-refractivity contribution is 6.25. The van der Waals surface area contributed by atoms with Gasteiger partial charge in [-0.05, 0) is 53.1 Å². The second-order valence-corrected chi connectivity index (χ2v) is 9.54. The first kappa shape index (κ1) is 19.5. The van der Waals surface area contributed by atoms with Crippen molar-refractivity contribution in [2.45, 2.75) is 45.4 Å². The van der Waals surface area contributed by atoms with E-state index in [-0.39, 0.29) is 29.6 Å². The largest absolute Gasteiger partial charge is 0.274 e. The summed E-state index contributed by atoms with van der Waals surface area (Å²) in [5.74, 6) is -0.642. The summed E-state index contributed by atoms with van der Waals surface area (Å²) in [5.41, 5.74) is 7.01. The van der Waals surface area contributed by atoms with Gasteiger partial charge in [-0.15, -0.1) is 0 Å². The maximum atomic E-state index is 14.3. The molecule has 3 heteroatoms. The monoisotopic (exact) mass is 421 g/mol. The number of hydrogen-bond acceptors (Lipinski definition) is 2. The van der Waals surface area contributed by atoms with Crippen LogP contribution < -0.4 is 4.90 Å². The fraction of sp³-hybridized carbons (Fsp3) is 0.310. The number of aryl methyl sites for hydroxylation is 2. The summed E-state index contributed by atoms with van der Waals surface area (Å²) < 4.78 is 0. The lowest BCUT2D eigenvalue weighted by molar-refractivity contribution is -0.128. The number of carbonyl (C=O) groups is 2. The molecule has 1 fully saturated rings. The molecule has 1 aliphatic heterocycles. The van der Waals surface area contributed by atoms with E-state index in [1.807, 2.05) is 13.0 Å². The van der Waals surface area contributed by atoms with E-state index >= 15 is 0 Å². The molecule has 0 radical (unpaired) electrons. The van der Waals surface area contributed by atoms with Gasteiger partial charge in [0.05, 0.1) is 17.0 Å². The molecule has 2 unspecified atom stereocenters. The second-order valence-electron chi connectivity index (χ2n) is 9.54. The van der Waals surface area contributed by atoms with Gasteiger partial charge in [0.1, 0.15) is 0 Å². The van der Waals surface area contributed by atoms with E-state index < -0.39 is 5.41 Å². The molecule has 2 bridgehead atoms. The molecular formula is C29H27NO2. The molecule has 0 N–H and O–H groups in total. The van der Waals surface area contributed by atoms with E-state index in [9.17, 15) is 9.59 Å².